The lowest BCUT2D eigenvalue weighted by molar-refractivity contribution is -0.123. The van der Waals surface area contributed by atoms with Gasteiger partial charge >= 0.3 is 0 Å². The first-order valence-electron chi connectivity index (χ1n) is 44.9. The van der Waals surface area contributed by atoms with Gasteiger partial charge in [0, 0.05) is 101 Å². The lowest BCUT2D eigenvalue weighted by Crippen LogP contribution is -2.24. The molecule has 40 nitrogen and oxygen atoms in total. The Hall–Kier alpha value is -15.9. The minimum atomic E-state index is -0.352. The summed E-state index contributed by atoms with van der Waals surface area (Å²) in [5.74, 6) is 1.71. The summed E-state index contributed by atoms with van der Waals surface area (Å²) in [5, 5.41) is 71.5. The number of pyridine rings is 4. The number of furan rings is 4. The fourth-order valence-electron chi connectivity index (χ4n) is 16.7. The van der Waals surface area contributed by atoms with E-state index in [1.54, 1.807) is 123 Å². The maximum atomic E-state index is 13.0. The van der Waals surface area contributed by atoms with Crippen molar-refractivity contribution in [3.05, 3.63) is 244 Å². The molecule has 136 heavy (non-hydrogen) atoms. The number of anilines is 4. The second-order valence-corrected chi connectivity index (χ2v) is 31.8. The van der Waals surface area contributed by atoms with Crippen LogP contribution >= 0.6 is 0 Å². The Balaban J connectivity index is 0.000000135. The summed E-state index contributed by atoms with van der Waals surface area (Å²) >= 11 is 0. The lowest BCUT2D eigenvalue weighted by atomic mass is 9.93. The van der Waals surface area contributed by atoms with Crippen LogP contribution < -0.4 is 21.3 Å². The minimum absolute atomic E-state index is 0.207. The highest BCUT2D eigenvalue weighted by atomic mass is 16.5. The third-order valence-electron chi connectivity index (χ3n) is 23.1. The van der Waals surface area contributed by atoms with Crippen LogP contribution in [0.2, 0.25) is 0 Å². The predicted molar refractivity (Wildman–Crippen MR) is 499 cm³/mol. The Kier molecular flexibility index (Phi) is 32.7. The number of carbonyl (C=O) groups is 6. The number of rotatable bonds is 28. The van der Waals surface area contributed by atoms with Gasteiger partial charge in [-0.3, -0.25) is 87.8 Å². The van der Waals surface area contributed by atoms with E-state index in [1.165, 1.54) is 0 Å². The van der Waals surface area contributed by atoms with Gasteiger partial charge in [0.25, 0.3) is 36.6 Å². The molecule has 16 aromatic rings. The van der Waals surface area contributed by atoms with Gasteiger partial charge in [0.05, 0.1) is 141 Å². The Morgan fingerprint density at radius 3 is 0.809 bits per heavy atom. The molecule has 16 heterocycles. The summed E-state index contributed by atoms with van der Waals surface area (Å²) in [6.07, 6.45) is 42.6. The van der Waals surface area contributed by atoms with Gasteiger partial charge in [-0.25, -0.2) is 0 Å². The number of nitrogens with zero attached hydrogens (tertiary/aromatic N) is 16. The first-order chi connectivity index (χ1) is 66.7. The summed E-state index contributed by atoms with van der Waals surface area (Å²) in [4.78, 5) is 86.3. The molecular formula is C96H104N24O16. The summed E-state index contributed by atoms with van der Waals surface area (Å²) < 4.78 is 53.8. The molecule has 4 atom stereocenters. The van der Waals surface area contributed by atoms with E-state index in [-0.39, 0.29) is 96.0 Å². The second kappa shape index (κ2) is 46.9. The molecule has 0 unspecified atom stereocenters. The Labute approximate surface area is 779 Å². The number of aromatic amines is 4. The highest BCUT2D eigenvalue weighted by Gasteiger charge is 2.34. The maximum Gasteiger partial charge on any atom is 0.291 e. The fraction of sp³-hybridized carbons (Fsp3) is 0.312. The van der Waals surface area contributed by atoms with Crippen LogP contribution in [-0.2, 0) is 28.5 Å². The second-order valence-electron chi connectivity index (χ2n) is 31.8. The number of H-pyrrole nitrogens is 4. The zero-order valence-corrected chi connectivity index (χ0v) is 75.1. The van der Waals surface area contributed by atoms with Crippen LogP contribution in [0.25, 0.3) is 90.8 Å². The van der Waals surface area contributed by atoms with Crippen LogP contribution in [-0.4, -0.2) is 197 Å². The third kappa shape index (κ3) is 24.3. The van der Waals surface area contributed by atoms with E-state index in [1.807, 2.05) is 144 Å². The smallest absolute Gasteiger partial charge is 0.291 e. The first-order valence-corrected chi connectivity index (χ1v) is 44.9. The largest absolute Gasteiger partial charge is 0.483 e. The predicted octanol–water partition coefficient (Wildman–Crippen LogP) is 17.4. The molecule has 0 saturated heterocycles. The Bertz CT molecular complexity index is 6000. The number of amides is 4. The van der Waals surface area contributed by atoms with Crippen molar-refractivity contribution in [1.82, 2.24) is 99.8 Å². The Morgan fingerprint density at radius 1 is 0.346 bits per heavy atom. The van der Waals surface area contributed by atoms with Crippen molar-refractivity contribution in [2.45, 2.75) is 166 Å². The number of carboxylic acid groups (broad SMARTS) is 2. The molecule has 16 aromatic heterocycles. The number of hydrogen-bond donors (Lipinski definition) is 10. The van der Waals surface area contributed by atoms with E-state index in [0.717, 1.165) is 125 Å². The van der Waals surface area contributed by atoms with Gasteiger partial charge in [-0.15, -0.1) is 0 Å². The fourth-order valence-corrected chi connectivity index (χ4v) is 16.7. The number of aromatic nitrogens is 20. The van der Waals surface area contributed by atoms with Gasteiger partial charge in [-0.1, -0.05) is 24.3 Å². The quantitative estimate of drug-likeness (QED) is 0.0204. The molecule has 4 aliphatic rings. The molecule has 0 aromatic carbocycles. The minimum Gasteiger partial charge on any atom is -0.483 e. The number of ether oxygens (including phenoxy) is 4. The average molecular weight is 1850 g/mol. The first kappa shape index (κ1) is 94.7. The topological polar surface area (TPSA) is 518 Å². The molecule has 20 rings (SSSR count). The number of hydrogen-bond acceptors (Lipinski definition) is 26. The number of carbonyl (C=O) groups excluding carboxylic acids is 4. The molecule has 704 valence electrons. The number of nitrogens with one attached hydrogen (secondary N) is 8. The lowest BCUT2D eigenvalue weighted by Gasteiger charge is -2.28. The van der Waals surface area contributed by atoms with E-state index < -0.39 is 0 Å². The van der Waals surface area contributed by atoms with Crippen molar-refractivity contribution in [3.8, 4) is 90.8 Å². The van der Waals surface area contributed by atoms with Gasteiger partial charge in [0.1, 0.15) is 45.8 Å². The van der Waals surface area contributed by atoms with Crippen molar-refractivity contribution in [3.63, 3.8) is 0 Å². The normalized spacial score (nSPS) is 17.6. The molecule has 4 amide bonds. The summed E-state index contributed by atoms with van der Waals surface area (Å²) in [5.41, 5.74) is 10.8. The van der Waals surface area contributed by atoms with Crippen LogP contribution in [0.15, 0.2) is 238 Å². The van der Waals surface area contributed by atoms with Crippen molar-refractivity contribution in [1.29, 1.82) is 0 Å². The molecule has 10 N–H and O–H groups in total. The maximum absolute atomic E-state index is 13.0. The van der Waals surface area contributed by atoms with E-state index in [4.69, 9.17) is 76.8 Å². The van der Waals surface area contributed by atoms with Gasteiger partial charge < -0.3 is 68.1 Å². The highest BCUT2D eigenvalue weighted by molar-refractivity contribution is 6.07. The van der Waals surface area contributed by atoms with Crippen LogP contribution in [0.4, 0.5) is 22.7 Å². The van der Waals surface area contributed by atoms with Crippen molar-refractivity contribution in [2.24, 2.45) is 0 Å². The van der Waals surface area contributed by atoms with Gasteiger partial charge in [0.15, 0.2) is 23.0 Å². The van der Waals surface area contributed by atoms with Gasteiger partial charge in [-0.05, 0) is 215 Å². The molecule has 4 aliphatic carbocycles. The zero-order chi connectivity index (χ0) is 94.5. The van der Waals surface area contributed by atoms with Gasteiger partial charge in [0.2, 0.25) is 0 Å². The molecule has 40 heteroatoms. The summed E-state index contributed by atoms with van der Waals surface area (Å²) in [6, 6.07) is 37.1. The SMILES string of the molecule is CCOC1CCC(n2cc(NC(=O)c3ccc(-c4cn[nH]c4)o3)c(-c3ccccn3)n2)CC1.CCOC1CCC(n2cc(NC(=O)c3ccc(-c4cn[nH]c4)o3)c(-c3ccccn3)n2)CC1.CCO[C@@H]1CC[C@H](n2cc(NC(=O)c3ccc(-c4cn[nH]c4)o3)c(-c3ccccn3)n2)C1.CCO[C@@H]1CC[C@H](n2cc(NC(=O)c3ccc(-c4cn[nH]c4)o3)c(-c3ccccn3)n2)C1.O=CO.O=CO. The van der Waals surface area contributed by atoms with Crippen LogP contribution in [0.5, 0.6) is 0 Å². The Morgan fingerprint density at radius 2 is 0.581 bits per heavy atom. The molecule has 0 radical (unpaired) electrons. The molecule has 4 fully saturated rings. The monoisotopic (exact) mass is 1850 g/mol. The third-order valence-corrected chi connectivity index (χ3v) is 23.1. The highest BCUT2D eigenvalue weighted by Crippen LogP contribution is 2.41. The van der Waals surface area contributed by atoms with Crippen LogP contribution in [0, 0.1) is 0 Å². The van der Waals surface area contributed by atoms with Crippen LogP contribution in [0.1, 0.15) is 184 Å². The summed E-state index contributed by atoms with van der Waals surface area (Å²) in [6.45, 7) is 10.5. The molecule has 0 aliphatic heterocycles. The molecule has 0 bridgehead atoms. The summed E-state index contributed by atoms with van der Waals surface area (Å²) in [7, 11) is 0. The average Bonchev–Trinajstić information content (AvgIpc) is 1.67. The van der Waals surface area contributed by atoms with Gasteiger partial charge in [-0.2, -0.15) is 40.8 Å². The zero-order valence-electron chi connectivity index (χ0n) is 75.1. The molecule has 0 spiro atoms. The van der Waals surface area contributed by atoms with E-state index in [0.29, 0.717) is 117 Å². The van der Waals surface area contributed by atoms with E-state index in [2.05, 4.69) is 82.0 Å². The van der Waals surface area contributed by atoms with Crippen molar-refractivity contribution < 1.29 is 75.6 Å². The standard InChI is InChI=1S/2C24H26N6O3.2C23H24N6O3.2CH2O2/c2*1-2-32-18-8-6-17(7-9-18)30-15-20(23(29-30)19-5-3-4-12-25-19)28-24(31)22-11-10-21(33-22)16-13-26-27-14-16;2*1-2-31-17-7-6-16(11-17)29-14-19(22(28-29)18-5-3-4-10-24-18)27-23(30)21-9-8-20(32-21)15-12-25-26-13-15;2*2-1-3/h2*3-5,10-15,17-18H,2,6-9H2,1H3,(H,26,27)(H,28,31);2*3-5,8-10,12-14,16-17H,2,6-7,11H2,1H3,(H,25,26)(H,27,30);2*1H,(H,2,3)/t;;2*16-,17+;;/m..00../s1. The van der Waals surface area contributed by atoms with E-state index in [9.17, 15) is 19.2 Å². The molecule has 4 saturated carbocycles. The van der Waals surface area contributed by atoms with Crippen molar-refractivity contribution >= 4 is 59.3 Å². The van der Waals surface area contributed by atoms with Crippen LogP contribution in [0.3, 0.4) is 0 Å². The van der Waals surface area contributed by atoms with Crippen molar-refractivity contribution in [2.75, 3.05) is 47.7 Å². The molecular weight excluding hydrogens is 1750 g/mol. The van der Waals surface area contributed by atoms with E-state index >= 15 is 0 Å².